The molecule has 4 heteroatoms. The van der Waals surface area contributed by atoms with Crippen molar-refractivity contribution >= 4 is 28.7 Å². The van der Waals surface area contributed by atoms with Crippen molar-refractivity contribution in [3.05, 3.63) is 57.5 Å². The summed E-state index contributed by atoms with van der Waals surface area (Å²) < 4.78 is 6.64. The summed E-state index contributed by atoms with van der Waals surface area (Å²) in [5.74, 6) is 0.935. The van der Waals surface area contributed by atoms with Crippen LogP contribution < -0.4 is 4.74 Å². The zero-order chi connectivity index (χ0) is 15.1. The normalized spacial score (nSPS) is 11.2. The molecule has 0 aromatic heterocycles. The van der Waals surface area contributed by atoms with Gasteiger partial charge in [-0.05, 0) is 52.8 Å². The number of halogens is 1. The highest BCUT2D eigenvalue weighted by Crippen LogP contribution is 2.27. The Hall–Kier alpha value is -1.74. The molecule has 0 aliphatic rings. The number of nitriles is 1. The lowest BCUT2D eigenvalue weighted by Crippen LogP contribution is -2.06. The van der Waals surface area contributed by atoms with Gasteiger partial charge in [-0.15, -0.1) is 0 Å². The van der Waals surface area contributed by atoms with Crippen LogP contribution in [0.1, 0.15) is 11.1 Å². The Kier molecular flexibility index (Phi) is 6.32. The average Bonchev–Trinajstić information content (AvgIpc) is 2.38. The predicted octanol–water partition coefficient (Wildman–Crippen LogP) is 4.10. The van der Waals surface area contributed by atoms with E-state index in [1.54, 1.807) is 17.2 Å². The van der Waals surface area contributed by atoms with Crippen LogP contribution in [0.15, 0.2) is 42.8 Å². The third kappa shape index (κ3) is 4.74. The summed E-state index contributed by atoms with van der Waals surface area (Å²) in [7, 11) is 3.69. The standard InChI is InChI=1S/C16H17IN2O/c1-5-6-7-13-9-16(15(17)8-12(13)2)20-14(10-18)11-19(3)4/h5-9,11H,1H2,2-4H3/b7-6+,14-11+. The van der Waals surface area contributed by atoms with Gasteiger partial charge in [-0.25, -0.2) is 0 Å². The second kappa shape index (κ2) is 7.75. The molecule has 0 heterocycles. The minimum atomic E-state index is 0.260. The van der Waals surface area contributed by atoms with Crippen molar-refractivity contribution < 1.29 is 4.74 Å². The zero-order valence-corrected chi connectivity index (χ0v) is 14.0. The van der Waals surface area contributed by atoms with Crippen LogP contribution in [0, 0.1) is 21.8 Å². The lowest BCUT2D eigenvalue weighted by atomic mass is 10.1. The Balaban J connectivity index is 3.15. The van der Waals surface area contributed by atoms with Gasteiger partial charge in [0.2, 0.25) is 5.76 Å². The fraction of sp³-hybridized carbons (Fsp3) is 0.188. The van der Waals surface area contributed by atoms with E-state index >= 15 is 0 Å². The number of aryl methyl sites for hydroxylation is 1. The number of hydrogen-bond donors (Lipinski definition) is 0. The Morgan fingerprint density at radius 3 is 2.70 bits per heavy atom. The van der Waals surface area contributed by atoms with Crippen LogP contribution in [-0.2, 0) is 0 Å². The van der Waals surface area contributed by atoms with Crippen LogP contribution in [-0.4, -0.2) is 19.0 Å². The van der Waals surface area contributed by atoms with Gasteiger partial charge >= 0.3 is 0 Å². The molecule has 1 rings (SSSR count). The smallest absolute Gasteiger partial charge is 0.219 e. The lowest BCUT2D eigenvalue weighted by molar-refractivity contribution is 0.421. The molecule has 20 heavy (non-hydrogen) atoms. The first-order valence-electron chi connectivity index (χ1n) is 6.03. The molecule has 1 aromatic rings. The number of ether oxygens (including phenoxy) is 1. The minimum Gasteiger partial charge on any atom is -0.444 e. The first kappa shape index (κ1) is 16.3. The molecule has 0 saturated heterocycles. The van der Waals surface area contributed by atoms with Crippen molar-refractivity contribution in [2.45, 2.75) is 6.92 Å². The molecule has 3 nitrogen and oxygen atoms in total. The zero-order valence-electron chi connectivity index (χ0n) is 11.9. The summed E-state index contributed by atoms with van der Waals surface area (Å²) in [6.07, 6.45) is 7.21. The molecule has 1 aromatic carbocycles. The third-order valence-electron chi connectivity index (χ3n) is 2.44. The van der Waals surface area contributed by atoms with Gasteiger partial charge in [0.15, 0.2) is 0 Å². The first-order chi connectivity index (χ1) is 9.47. The summed E-state index contributed by atoms with van der Waals surface area (Å²) in [6.45, 7) is 5.70. The van der Waals surface area contributed by atoms with Crippen molar-refractivity contribution in [2.75, 3.05) is 14.1 Å². The highest BCUT2D eigenvalue weighted by molar-refractivity contribution is 14.1. The molecule has 0 atom stereocenters. The molecular formula is C16H17IN2O. The van der Waals surface area contributed by atoms with E-state index in [2.05, 4.69) is 29.2 Å². The van der Waals surface area contributed by atoms with Crippen LogP contribution in [0.25, 0.3) is 6.08 Å². The van der Waals surface area contributed by atoms with Gasteiger partial charge in [-0.2, -0.15) is 5.26 Å². The monoisotopic (exact) mass is 380 g/mol. The molecule has 0 fully saturated rings. The predicted molar refractivity (Wildman–Crippen MR) is 91.1 cm³/mol. The summed E-state index contributed by atoms with van der Waals surface area (Å²) >= 11 is 2.20. The average molecular weight is 380 g/mol. The van der Waals surface area contributed by atoms with Gasteiger partial charge in [0, 0.05) is 14.1 Å². The van der Waals surface area contributed by atoms with E-state index in [9.17, 15) is 0 Å². The van der Waals surface area contributed by atoms with E-state index in [-0.39, 0.29) is 5.76 Å². The van der Waals surface area contributed by atoms with Crippen molar-refractivity contribution in [1.82, 2.24) is 4.90 Å². The van der Waals surface area contributed by atoms with Crippen LogP contribution in [0.2, 0.25) is 0 Å². The van der Waals surface area contributed by atoms with Crippen molar-refractivity contribution in [2.24, 2.45) is 0 Å². The van der Waals surface area contributed by atoms with Crippen molar-refractivity contribution in [3.8, 4) is 11.8 Å². The molecule has 0 N–H and O–H groups in total. The molecule has 104 valence electrons. The van der Waals surface area contributed by atoms with Gasteiger partial charge in [-0.3, -0.25) is 0 Å². The molecule has 0 amide bonds. The SMILES string of the molecule is C=C/C=C/c1cc(O/C(C#N)=C/N(C)C)c(I)cc1C. The van der Waals surface area contributed by atoms with Crippen molar-refractivity contribution in [1.29, 1.82) is 5.26 Å². The molecule has 0 aliphatic carbocycles. The molecule has 0 saturated carbocycles. The summed E-state index contributed by atoms with van der Waals surface area (Å²) in [4.78, 5) is 1.78. The Bertz CT molecular complexity index is 595. The molecule has 0 radical (unpaired) electrons. The summed E-state index contributed by atoms with van der Waals surface area (Å²) in [5.41, 5.74) is 2.19. The van der Waals surface area contributed by atoms with Crippen molar-refractivity contribution in [3.63, 3.8) is 0 Å². The van der Waals surface area contributed by atoms with Gasteiger partial charge in [0.25, 0.3) is 0 Å². The largest absolute Gasteiger partial charge is 0.444 e. The lowest BCUT2D eigenvalue weighted by Gasteiger charge is -2.11. The maximum absolute atomic E-state index is 9.09. The molecule has 0 bridgehead atoms. The van der Waals surface area contributed by atoms with Gasteiger partial charge < -0.3 is 9.64 Å². The number of hydrogen-bond acceptors (Lipinski definition) is 3. The highest BCUT2D eigenvalue weighted by atomic mass is 127. The van der Waals surface area contributed by atoms with Gasteiger partial charge in [0.05, 0.1) is 9.77 Å². The quantitative estimate of drug-likeness (QED) is 0.334. The van der Waals surface area contributed by atoms with Gasteiger partial charge in [0.1, 0.15) is 11.8 Å². The molecule has 0 unspecified atom stereocenters. The second-order valence-corrected chi connectivity index (χ2v) is 5.57. The maximum atomic E-state index is 9.09. The van der Waals surface area contributed by atoms with Crippen LogP contribution >= 0.6 is 22.6 Å². The van der Waals surface area contributed by atoms with E-state index in [0.29, 0.717) is 5.75 Å². The topological polar surface area (TPSA) is 36.3 Å². The summed E-state index contributed by atoms with van der Waals surface area (Å²) in [6, 6.07) is 6.01. The number of nitrogens with zero attached hydrogens (tertiary/aromatic N) is 2. The highest BCUT2D eigenvalue weighted by Gasteiger charge is 2.08. The number of allylic oxidation sites excluding steroid dienone is 3. The number of benzene rings is 1. The Morgan fingerprint density at radius 1 is 1.45 bits per heavy atom. The fourth-order valence-corrected chi connectivity index (χ4v) is 2.26. The van der Waals surface area contributed by atoms with E-state index in [1.165, 1.54) is 0 Å². The molecule has 0 aliphatic heterocycles. The Labute approximate surface area is 134 Å². The van der Waals surface area contributed by atoms with E-state index < -0.39 is 0 Å². The van der Waals surface area contributed by atoms with E-state index in [0.717, 1.165) is 14.7 Å². The van der Waals surface area contributed by atoms with Crippen LogP contribution in [0.5, 0.6) is 5.75 Å². The number of rotatable bonds is 5. The summed E-state index contributed by atoms with van der Waals surface area (Å²) in [5, 5.41) is 9.09. The second-order valence-electron chi connectivity index (χ2n) is 4.40. The van der Waals surface area contributed by atoms with Crippen LogP contribution in [0.4, 0.5) is 0 Å². The van der Waals surface area contributed by atoms with E-state index in [1.807, 2.05) is 51.4 Å². The molecular weight excluding hydrogens is 363 g/mol. The third-order valence-corrected chi connectivity index (χ3v) is 3.28. The fourth-order valence-electron chi connectivity index (χ4n) is 1.53. The maximum Gasteiger partial charge on any atom is 0.219 e. The first-order valence-corrected chi connectivity index (χ1v) is 7.11. The Morgan fingerprint density at radius 2 is 2.15 bits per heavy atom. The van der Waals surface area contributed by atoms with E-state index in [4.69, 9.17) is 10.00 Å². The molecule has 0 spiro atoms. The van der Waals surface area contributed by atoms with Gasteiger partial charge in [-0.1, -0.05) is 24.8 Å². The minimum absolute atomic E-state index is 0.260. The van der Waals surface area contributed by atoms with Crippen LogP contribution in [0.3, 0.4) is 0 Å².